The highest BCUT2D eigenvalue weighted by Crippen LogP contribution is 2.39. The van der Waals surface area contributed by atoms with Crippen LogP contribution in [0.2, 0.25) is 0 Å². The molecular weight excluding hydrogens is 244 g/mol. The SMILES string of the molecule is Nc1nnc(C2(c3ccccc3)CCNCC2)o1.O. The number of piperidine rings is 1. The molecule has 1 aromatic heterocycles. The molecule has 0 atom stereocenters. The van der Waals surface area contributed by atoms with E-state index in [1.165, 1.54) is 5.56 Å². The quantitative estimate of drug-likeness (QED) is 0.819. The molecule has 102 valence electrons. The molecule has 1 fully saturated rings. The summed E-state index contributed by atoms with van der Waals surface area (Å²) in [5, 5.41) is 11.3. The van der Waals surface area contributed by atoms with Crippen LogP contribution < -0.4 is 11.1 Å². The van der Waals surface area contributed by atoms with Gasteiger partial charge >= 0.3 is 6.01 Å². The number of rotatable bonds is 2. The third-order valence-electron chi connectivity index (χ3n) is 3.63. The molecule has 2 heterocycles. The minimum absolute atomic E-state index is 0. The van der Waals surface area contributed by atoms with Crippen LogP contribution in [0.5, 0.6) is 0 Å². The van der Waals surface area contributed by atoms with Crippen LogP contribution >= 0.6 is 0 Å². The maximum Gasteiger partial charge on any atom is 0.312 e. The molecule has 0 bridgehead atoms. The van der Waals surface area contributed by atoms with Crippen LogP contribution in [0.25, 0.3) is 0 Å². The average Bonchev–Trinajstić information content (AvgIpc) is 2.88. The zero-order valence-electron chi connectivity index (χ0n) is 10.6. The lowest BCUT2D eigenvalue weighted by Gasteiger charge is -2.34. The Kier molecular flexibility index (Phi) is 3.82. The van der Waals surface area contributed by atoms with Gasteiger partial charge in [-0.05, 0) is 31.5 Å². The van der Waals surface area contributed by atoms with Crippen molar-refractivity contribution in [2.75, 3.05) is 18.8 Å². The number of aromatic nitrogens is 2. The van der Waals surface area contributed by atoms with E-state index in [4.69, 9.17) is 10.2 Å². The standard InChI is InChI=1S/C13H16N4O.H2O/c14-12-17-16-11(18-12)13(6-8-15-9-7-13)10-4-2-1-3-5-10;/h1-5,15H,6-9H2,(H2,14,17);1H2. The van der Waals surface area contributed by atoms with E-state index in [1.807, 2.05) is 18.2 Å². The van der Waals surface area contributed by atoms with Crippen molar-refractivity contribution in [2.45, 2.75) is 18.3 Å². The first-order chi connectivity index (χ1) is 8.81. The number of nitrogen functional groups attached to an aromatic ring is 1. The third kappa shape index (κ3) is 2.32. The second-order valence-corrected chi connectivity index (χ2v) is 4.64. The van der Waals surface area contributed by atoms with Crippen molar-refractivity contribution < 1.29 is 9.89 Å². The summed E-state index contributed by atoms with van der Waals surface area (Å²) in [5.74, 6) is 0.632. The molecule has 1 aliphatic rings. The highest BCUT2D eigenvalue weighted by atomic mass is 16.4. The zero-order valence-corrected chi connectivity index (χ0v) is 10.6. The lowest BCUT2D eigenvalue weighted by atomic mass is 9.73. The molecule has 19 heavy (non-hydrogen) atoms. The van der Waals surface area contributed by atoms with Crippen LogP contribution in [0.1, 0.15) is 24.3 Å². The fourth-order valence-electron chi connectivity index (χ4n) is 2.66. The lowest BCUT2D eigenvalue weighted by Crippen LogP contribution is -2.41. The summed E-state index contributed by atoms with van der Waals surface area (Å²) < 4.78 is 5.51. The van der Waals surface area contributed by atoms with Crippen LogP contribution in [0.4, 0.5) is 6.01 Å². The van der Waals surface area contributed by atoms with E-state index in [0.29, 0.717) is 5.89 Å². The van der Waals surface area contributed by atoms with Gasteiger partial charge in [-0.1, -0.05) is 35.4 Å². The van der Waals surface area contributed by atoms with Gasteiger partial charge in [-0.25, -0.2) is 0 Å². The van der Waals surface area contributed by atoms with Crippen LogP contribution in [0, 0.1) is 0 Å². The molecule has 0 saturated carbocycles. The first-order valence-electron chi connectivity index (χ1n) is 6.17. The maximum absolute atomic E-state index is 5.57. The molecule has 0 unspecified atom stereocenters. The summed E-state index contributed by atoms with van der Waals surface area (Å²) in [4.78, 5) is 0. The number of benzene rings is 1. The van der Waals surface area contributed by atoms with E-state index < -0.39 is 0 Å². The van der Waals surface area contributed by atoms with Gasteiger partial charge in [0.2, 0.25) is 5.89 Å². The smallest absolute Gasteiger partial charge is 0.312 e. The van der Waals surface area contributed by atoms with Crippen molar-refractivity contribution in [1.29, 1.82) is 0 Å². The van der Waals surface area contributed by atoms with Crippen molar-refractivity contribution in [3.8, 4) is 0 Å². The normalized spacial score (nSPS) is 17.7. The van der Waals surface area contributed by atoms with Gasteiger partial charge < -0.3 is 20.9 Å². The van der Waals surface area contributed by atoms with Gasteiger partial charge in [0.15, 0.2) is 0 Å². The topological polar surface area (TPSA) is 108 Å². The Morgan fingerprint density at radius 1 is 1.11 bits per heavy atom. The molecule has 1 saturated heterocycles. The predicted octanol–water partition coefficient (Wildman–Crippen LogP) is 0.497. The lowest BCUT2D eigenvalue weighted by molar-refractivity contribution is 0.295. The summed E-state index contributed by atoms with van der Waals surface area (Å²) in [6.45, 7) is 1.88. The maximum atomic E-state index is 5.57. The first-order valence-corrected chi connectivity index (χ1v) is 6.17. The minimum Gasteiger partial charge on any atom is -0.412 e. The molecule has 6 heteroatoms. The van der Waals surface area contributed by atoms with Crippen molar-refractivity contribution in [1.82, 2.24) is 15.5 Å². The summed E-state index contributed by atoms with van der Waals surface area (Å²) in [6.07, 6.45) is 1.89. The second kappa shape index (κ2) is 5.38. The highest BCUT2D eigenvalue weighted by Gasteiger charge is 2.40. The largest absolute Gasteiger partial charge is 0.412 e. The Hall–Kier alpha value is -1.92. The van der Waals surface area contributed by atoms with Crippen molar-refractivity contribution in [3.63, 3.8) is 0 Å². The number of anilines is 1. The molecule has 5 N–H and O–H groups in total. The molecular formula is C13H18N4O2. The number of hydrogen-bond donors (Lipinski definition) is 2. The summed E-state index contributed by atoms with van der Waals surface area (Å²) >= 11 is 0. The van der Waals surface area contributed by atoms with Crippen LogP contribution in [0.3, 0.4) is 0 Å². The Labute approximate surface area is 111 Å². The molecule has 0 radical (unpaired) electrons. The molecule has 6 nitrogen and oxygen atoms in total. The summed E-state index contributed by atoms with van der Waals surface area (Å²) in [5.41, 5.74) is 6.59. The number of nitrogens with zero attached hydrogens (tertiary/aromatic N) is 2. The van der Waals surface area contributed by atoms with E-state index in [1.54, 1.807) is 0 Å². The minimum atomic E-state index is -0.197. The molecule has 0 spiro atoms. The number of hydrogen-bond acceptors (Lipinski definition) is 5. The number of nitrogens with two attached hydrogens (primary N) is 1. The predicted molar refractivity (Wildman–Crippen MR) is 71.6 cm³/mol. The molecule has 1 aromatic carbocycles. The van der Waals surface area contributed by atoms with E-state index in [9.17, 15) is 0 Å². The first kappa shape index (κ1) is 13.5. The van der Waals surface area contributed by atoms with Crippen molar-refractivity contribution >= 4 is 6.01 Å². The summed E-state index contributed by atoms with van der Waals surface area (Å²) in [7, 11) is 0. The fraction of sp³-hybridized carbons (Fsp3) is 0.385. The van der Waals surface area contributed by atoms with Gasteiger partial charge in [0.05, 0.1) is 5.41 Å². The summed E-state index contributed by atoms with van der Waals surface area (Å²) in [6, 6.07) is 10.5. The second-order valence-electron chi connectivity index (χ2n) is 4.64. The Bertz CT molecular complexity index is 520. The van der Waals surface area contributed by atoms with Crippen molar-refractivity contribution in [2.24, 2.45) is 0 Å². The van der Waals surface area contributed by atoms with Crippen LogP contribution in [-0.2, 0) is 5.41 Å². The highest BCUT2D eigenvalue weighted by molar-refractivity contribution is 5.33. The van der Waals surface area contributed by atoms with E-state index in [0.717, 1.165) is 25.9 Å². The van der Waals surface area contributed by atoms with Crippen LogP contribution in [-0.4, -0.2) is 28.8 Å². The van der Waals surface area contributed by atoms with E-state index >= 15 is 0 Å². The molecule has 3 rings (SSSR count). The third-order valence-corrected chi connectivity index (χ3v) is 3.63. The average molecular weight is 262 g/mol. The van der Waals surface area contributed by atoms with E-state index in [-0.39, 0.29) is 16.9 Å². The Morgan fingerprint density at radius 3 is 2.37 bits per heavy atom. The molecule has 0 amide bonds. The van der Waals surface area contributed by atoms with Gasteiger partial charge in [0.1, 0.15) is 0 Å². The monoisotopic (exact) mass is 262 g/mol. The van der Waals surface area contributed by atoms with Gasteiger partial charge in [-0.2, -0.15) is 0 Å². The van der Waals surface area contributed by atoms with Crippen LogP contribution in [0.15, 0.2) is 34.7 Å². The van der Waals surface area contributed by atoms with Gasteiger partial charge in [-0.3, -0.25) is 0 Å². The Balaban J connectivity index is 0.00000133. The van der Waals surface area contributed by atoms with Gasteiger partial charge in [0, 0.05) is 0 Å². The molecule has 2 aromatic rings. The molecule has 0 aliphatic carbocycles. The molecule has 1 aliphatic heterocycles. The van der Waals surface area contributed by atoms with E-state index in [2.05, 4.69) is 27.6 Å². The number of nitrogens with one attached hydrogen (secondary N) is 1. The van der Waals surface area contributed by atoms with Crippen molar-refractivity contribution in [3.05, 3.63) is 41.8 Å². The zero-order chi connectivity index (χ0) is 12.4. The fourth-order valence-corrected chi connectivity index (χ4v) is 2.66. The Morgan fingerprint density at radius 2 is 1.79 bits per heavy atom. The van der Waals surface area contributed by atoms with Gasteiger partial charge in [0.25, 0.3) is 0 Å². The van der Waals surface area contributed by atoms with Gasteiger partial charge in [-0.15, -0.1) is 5.10 Å².